The monoisotopic (exact) mass is 185 g/mol. The summed E-state index contributed by atoms with van der Waals surface area (Å²) in [6.45, 7) is 4.15. The van der Waals surface area contributed by atoms with E-state index >= 15 is 0 Å². The lowest BCUT2D eigenvalue weighted by Gasteiger charge is -2.17. The molecular formula is C10H23N3. The molecule has 0 spiro atoms. The summed E-state index contributed by atoms with van der Waals surface area (Å²) < 4.78 is 0. The van der Waals surface area contributed by atoms with Crippen molar-refractivity contribution in [1.29, 1.82) is 0 Å². The summed E-state index contributed by atoms with van der Waals surface area (Å²) in [4.78, 5) is 0. The van der Waals surface area contributed by atoms with Gasteiger partial charge in [0.05, 0.1) is 0 Å². The molecule has 0 fully saturated rings. The highest BCUT2D eigenvalue weighted by atomic mass is 14.8. The van der Waals surface area contributed by atoms with E-state index in [1.807, 2.05) is 6.08 Å². The number of rotatable bonds is 8. The maximum atomic E-state index is 5.82. The van der Waals surface area contributed by atoms with E-state index in [2.05, 4.69) is 6.58 Å². The van der Waals surface area contributed by atoms with E-state index in [-0.39, 0.29) is 12.1 Å². The topological polar surface area (TPSA) is 78.1 Å². The van der Waals surface area contributed by atoms with Gasteiger partial charge in [0.1, 0.15) is 0 Å². The van der Waals surface area contributed by atoms with Gasteiger partial charge >= 0.3 is 0 Å². The Bertz CT molecular complexity index is 125. The maximum absolute atomic E-state index is 5.82. The molecule has 0 aromatic carbocycles. The minimum atomic E-state index is -0.0422. The Morgan fingerprint density at radius 2 is 1.77 bits per heavy atom. The van der Waals surface area contributed by atoms with Crippen LogP contribution >= 0.6 is 0 Å². The fourth-order valence-electron chi connectivity index (χ4n) is 1.23. The van der Waals surface area contributed by atoms with Gasteiger partial charge in [-0.05, 0) is 19.3 Å². The van der Waals surface area contributed by atoms with Crippen molar-refractivity contribution >= 4 is 0 Å². The summed E-state index contributed by atoms with van der Waals surface area (Å²) in [5, 5.41) is 0. The Labute approximate surface area is 81.4 Å². The molecule has 13 heavy (non-hydrogen) atoms. The van der Waals surface area contributed by atoms with Crippen LogP contribution in [0, 0.1) is 0 Å². The van der Waals surface area contributed by atoms with E-state index in [0.717, 1.165) is 19.3 Å². The second kappa shape index (κ2) is 8.23. The standard InChI is InChI=1S/C10H23N3/c1-2-3-4-5-6-7-9(12)10(13)8-11/h2,9-10H,1,3-8,11-13H2. The lowest BCUT2D eigenvalue weighted by molar-refractivity contribution is 0.475. The smallest absolute Gasteiger partial charge is 0.0317 e. The molecule has 2 unspecified atom stereocenters. The first kappa shape index (κ1) is 12.6. The van der Waals surface area contributed by atoms with Crippen molar-refractivity contribution in [3.05, 3.63) is 12.7 Å². The van der Waals surface area contributed by atoms with Crippen LogP contribution in [0.3, 0.4) is 0 Å². The predicted octanol–water partition coefficient (Wildman–Crippen LogP) is 0.736. The van der Waals surface area contributed by atoms with Crippen molar-refractivity contribution in [2.75, 3.05) is 6.54 Å². The van der Waals surface area contributed by atoms with Crippen molar-refractivity contribution in [2.24, 2.45) is 17.2 Å². The Morgan fingerprint density at radius 3 is 2.31 bits per heavy atom. The predicted molar refractivity (Wildman–Crippen MR) is 58.3 cm³/mol. The van der Waals surface area contributed by atoms with Crippen LogP contribution in [-0.2, 0) is 0 Å². The molecule has 0 bridgehead atoms. The van der Waals surface area contributed by atoms with Gasteiger partial charge in [0.15, 0.2) is 0 Å². The molecule has 0 heterocycles. The average Bonchev–Trinajstić information content (AvgIpc) is 2.16. The molecule has 0 radical (unpaired) electrons. The van der Waals surface area contributed by atoms with Crippen LogP contribution < -0.4 is 17.2 Å². The molecule has 3 heteroatoms. The second-order valence-corrected chi connectivity index (χ2v) is 3.49. The molecule has 2 atom stereocenters. The Balaban J connectivity index is 3.26. The molecule has 6 N–H and O–H groups in total. The molecule has 0 saturated carbocycles. The minimum absolute atomic E-state index is 0.0422. The van der Waals surface area contributed by atoms with Gasteiger partial charge in [-0.3, -0.25) is 0 Å². The van der Waals surface area contributed by atoms with E-state index in [1.54, 1.807) is 0 Å². The normalized spacial score (nSPS) is 15.3. The molecule has 0 saturated heterocycles. The molecular weight excluding hydrogens is 162 g/mol. The molecule has 0 aliphatic carbocycles. The van der Waals surface area contributed by atoms with E-state index in [4.69, 9.17) is 17.2 Å². The molecule has 0 rings (SSSR count). The highest BCUT2D eigenvalue weighted by Gasteiger charge is 2.09. The van der Waals surface area contributed by atoms with Crippen LogP contribution in [-0.4, -0.2) is 18.6 Å². The summed E-state index contributed by atoms with van der Waals surface area (Å²) >= 11 is 0. The van der Waals surface area contributed by atoms with Crippen LogP contribution in [0.1, 0.15) is 32.1 Å². The first-order valence-electron chi connectivity index (χ1n) is 5.04. The molecule has 0 amide bonds. The third-order valence-corrected chi connectivity index (χ3v) is 2.27. The Kier molecular flexibility index (Phi) is 7.99. The third-order valence-electron chi connectivity index (χ3n) is 2.27. The molecule has 0 aromatic rings. The second-order valence-electron chi connectivity index (χ2n) is 3.49. The fourth-order valence-corrected chi connectivity index (χ4v) is 1.23. The Hall–Kier alpha value is -0.380. The van der Waals surface area contributed by atoms with Crippen LogP contribution in [0.25, 0.3) is 0 Å². The van der Waals surface area contributed by atoms with Crippen LogP contribution in [0.15, 0.2) is 12.7 Å². The van der Waals surface area contributed by atoms with Gasteiger partial charge in [0.2, 0.25) is 0 Å². The highest BCUT2D eigenvalue weighted by molar-refractivity contribution is 4.76. The summed E-state index contributed by atoms with van der Waals surface area (Å²) in [5.41, 5.74) is 16.9. The lowest BCUT2D eigenvalue weighted by Crippen LogP contribution is -2.46. The average molecular weight is 185 g/mol. The van der Waals surface area contributed by atoms with Crippen molar-refractivity contribution in [2.45, 2.75) is 44.2 Å². The number of allylic oxidation sites excluding steroid dienone is 1. The van der Waals surface area contributed by atoms with E-state index in [1.165, 1.54) is 12.8 Å². The molecule has 78 valence electrons. The maximum Gasteiger partial charge on any atom is 0.0317 e. The van der Waals surface area contributed by atoms with Crippen molar-refractivity contribution in [3.63, 3.8) is 0 Å². The summed E-state index contributed by atoms with van der Waals surface area (Å²) in [6, 6.07) is 0.0214. The van der Waals surface area contributed by atoms with Gasteiger partial charge in [0.25, 0.3) is 0 Å². The van der Waals surface area contributed by atoms with Gasteiger partial charge in [-0.2, -0.15) is 0 Å². The summed E-state index contributed by atoms with van der Waals surface area (Å²) in [5.74, 6) is 0. The summed E-state index contributed by atoms with van der Waals surface area (Å²) in [6.07, 6.45) is 7.58. The number of unbranched alkanes of at least 4 members (excludes halogenated alkanes) is 3. The van der Waals surface area contributed by atoms with E-state index < -0.39 is 0 Å². The van der Waals surface area contributed by atoms with E-state index in [9.17, 15) is 0 Å². The molecule has 0 aliphatic heterocycles. The highest BCUT2D eigenvalue weighted by Crippen LogP contribution is 2.06. The quantitative estimate of drug-likeness (QED) is 0.385. The van der Waals surface area contributed by atoms with Gasteiger partial charge in [-0.15, -0.1) is 6.58 Å². The first-order chi connectivity index (χ1) is 6.22. The lowest BCUT2D eigenvalue weighted by atomic mass is 10.0. The zero-order valence-corrected chi connectivity index (χ0v) is 8.41. The fraction of sp³-hybridized carbons (Fsp3) is 0.800. The van der Waals surface area contributed by atoms with Crippen molar-refractivity contribution in [1.82, 2.24) is 0 Å². The van der Waals surface area contributed by atoms with Crippen molar-refractivity contribution < 1.29 is 0 Å². The van der Waals surface area contributed by atoms with Gasteiger partial charge in [-0.1, -0.05) is 18.9 Å². The zero-order chi connectivity index (χ0) is 10.1. The third kappa shape index (κ3) is 6.75. The van der Waals surface area contributed by atoms with Gasteiger partial charge < -0.3 is 17.2 Å². The largest absolute Gasteiger partial charge is 0.329 e. The number of hydrogen-bond acceptors (Lipinski definition) is 3. The van der Waals surface area contributed by atoms with Gasteiger partial charge in [-0.25, -0.2) is 0 Å². The SMILES string of the molecule is C=CCCCCCC(N)C(N)CN. The summed E-state index contributed by atoms with van der Waals surface area (Å²) in [7, 11) is 0. The van der Waals surface area contributed by atoms with Gasteiger partial charge in [0, 0.05) is 18.6 Å². The van der Waals surface area contributed by atoms with Crippen LogP contribution in [0.4, 0.5) is 0 Å². The molecule has 0 aromatic heterocycles. The molecule has 3 nitrogen and oxygen atoms in total. The Morgan fingerprint density at radius 1 is 1.08 bits per heavy atom. The minimum Gasteiger partial charge on any atom is -0.329 e. The number of nitrogens with two attached hydrogens (primary N) is 3. The molecule has 0 aliphatic rings. The zero-order valence-electron chi connectivity index (χ0n) is 8.41. The van der Waals surface area contributed by atoms with Crippen molar-refractivity contribution in [3.8, 4) is 0 Å². The van der Waals surface area contributed by atoms with Crippen LogP contribution in [0.2, 0.25) is 0 Å². The van der Waals surface area contributed by atoms with Crippen LogP contribution in [0.5, 0.6) is 0 Å². The number of hydrogen-bond donors (Lipinski definition) is 3. The van der Waals surface area contributed by atoms with E-state index in [0.29, 0.717) is 6.54 Å². The first-order valence-corrected chi connectivity index (χ1v) is 5.04.